The molecule has 0 aromatic heterocycles. The molecule has 1 heterocycles. The standard InChI is InChI=1S/C16H25NO6/c1-6-7-10-13(15(18)22-4)11(8-20-2)17-12(9-21-3)14(10)16(19)23-5/h10,13H,6-9H2,1-5H3. The van der Waals surface area contributed by atoms with Crippen LogP contribution in [0.1, 0.15) is 19.8 Å². The number of ether oxygens (including phenoxy) is 4. The van der Waals surface area contributed by atoms with Crippen molar-refractivity contribution in [2.75, 3.05) is 41.7 Å². The van der Waals surface area contributed by atoms with E-state index in [0.717, 1.165) is 6.42 Å². The molecule has 1 aliphatic rings. The molecule has 0 N–H and O–H groups in total. The van der Waals surface area contributed by atoms with Crippen molar-refractivity contribution in [1.29, 1.82) is 0 Å². The molecule has 0 aromatic rings. The maximum atomic E-state index is 12.3. The SMILES string of the molecule is CCCC1C(C(=O)OC)=C(COC)N=C(COC)C1C(=O)OC. The zero-order chi connectivity index (χ0) is 17.4. The van der Waals surface area contributed by atoms with Crippen LogP contribution in [0.25, 0.3) is 0 Å². The Labute approximate surface area is 136 Å². The molecule has 1 aliphatic heterocycles. The van der Waals surface area contributed by atoms with Gasteiger partial charge in [-0.2, -0.15) is 0 Å². The fraction of sp³-hybridized carbons (Fsp3) is 0.688. The summed E-state index contributed by atoms with van der Waals surface area (Å²) in [6, 6.07) is 0. The maximum absolute atomic E-state index is 12.3. The lowest BCUT2D eigenvalue weighted by atomic mass is 9.77. The average molecular weight is 327 g/mol. The Kier molecular flexibility index (Phi) is 7.91. The van der Waals surface area contributed by atoms with Crippen LogP contribution in [-0.2, 0) is 28.5 Å². The first-order valence-corrected chi connectivity index (χ1v) is 7.50. The fourth-order valence-electron chi connectivity index (χ4n) is 2.86. The topological polar surface area (TPSA) is 83.4 Å². The number of rotatable bonds is 8. The Balaban J connectivity index is 3.46. The van der Waals surface area contributed by atoms with Crippen molar-refractivity contribution < 1.29 is 28.5 Å². The van der Waals surface area contributed by atoms with Gasteiger partial charge in [-0.3, -0.25) is 9.79 Å². The Morgan fingerprint density at radius 3 is 2.17 bits per heavy atom. The van der Waals surface area contributed by atoms with Gasteiger partial charge in [0.2, 0.25) is 0 Å². The van der Waals surface area contributed by atoms with Gasteiger partial charge in [-0.1, -0.05) is 13.3 Å². The number of carbonyl (C=O) groups excluding carboxylic acids is 2. The number of carbonyl (C=O) groups is 2. The zero-order valence-electron chi connectivity index (χ0n) is 14.4. The van der Waals surface area contributed by atoms with Crippen LogP contribution in [0.3, 0.4) is 0 Å². The molecule has 0 aliphatic carbocycles. The van der Waals surface area contributed by atoms with Crippen LogP contribution >= 0.6 is 0 Å². The van der Waals surface area contributed by atoms with E-state index < -0.39 is 17.9 Å². The lowest BCUT2D eigenvalue weighted by Crippen LogP contribution is -2.40. The fourth-order valence-corrected chi connectivity index (χ4v) is 2.86. The van der Waals surface area contributed by atoms with E-state index >= 15 is 0 Å². The first-order chi connectivity index (χ1) is 11.0. The minimum Gasteiger partial charge on any atom is -0.468 e. The van der Waals surface area contributed by atoms with E-state index in [2.05, 4.69) is 4.99 Å². The summed E-state index contributed by atoms with van der Waals surface area (Å²) >= 11 is 0. The summed E-state index contributed by atoms with van der Waals surface area (Å²) in [5, 5.41) is 0. The van der Waals surface area contributed by atoms with E-state index in [9.17, 15) is 9.59 Å². The van der Waals surface area contributed by atoms with Gasteiger partial charge in [0.05, 0.1) is 44.4 Å². The van der Waals surface area contributed by atoms with Crippen LogP contribution in [0.2, 0.25) is 0 Å². The van der Waals surface area contributed by atoms with Gasteiger partial charge in [-0.25, -0.2) is 4.79 Å². The van der Waals surface area contributed by atoms with E-state index in [1.165, 1.54) is 28.4 Å². The van der Waals surface area contributed by atoms with Gasteiger partial charge < -0.3 is 18.9 Å². The van der Waals surface area contributed by atoms with Crippen LogP contribution < -0.4 is 0 Å². The van der Waals surface area contributed by atoms with Crippen LogP contribution in [0.4, 0.5) is 0 Å². The van der Waals surface area contributed by atoms with Crippen LogP contribution in [0, 0.1) is 11.8 Å². The van der Waals surface area contributed by atoms with Crippen molar-refractivity contribution in [3.63, 3.8) is 0 Å². The third-order valence-corrected chi connectivity index (χ3v) is 3.76. The highest BCUT2D eigenvalue weighted by molar-refractivity contribution is 6.07. The van der Waals surface area contributed by atoms with Crippen molar-refractivity contribution in [2.24, 2.45) is 16.8 Å². The Bertz CT molecular complexity index is 497. The lowest BCUT2D eigenvalue weighted by molar-refractivity contribution is -0.145. The number of esters is 2. The normalized spacial score (nSPS) is 21.0. The monoisotopic (exact) mass is 327 g/mol. The van der Waals surface area contributed by atoms with E-state index in [0.29, 0.717) is 23.4 Å². The number of methoxy groups -OCH3 is 4. The minimum atomic E-state index is -0.658. The van der Waals surface area contributed by atoms with Gasteiger partial charge in [0, 0.05) is 20.1 Å². The minimum absolute atomic E-state index is 0.158. The van der Waals surface area contributed by atoms with Gasteiger partial charge in [-0.15, -0.1) is 0 Å². The lowest BCUT2D eigenvalue weighted by Gasteiger charge is -2.32. The molecular weight excluding hydrogens is 302 g/mol. The number of aliphatic imine (C=N–C) groups is 1. The summed E-state index contributed by atoms with van der Waals surface area (Å²) in [6.45, 7) is 2.33. The number of hydrogen-bond acceptors (Lipinski definition) is 7. The van der Waals surface area contributed by atoms with Crippen LogP contribution in [-0.4, -0.2) is 59.3 Å². The number of nitrogens with zero attached hydrogens (tertiary/aromatic N) is 1. The summed E-state index contributed by atoms with van der Waals surface area (Å²) < 4.78 is 20.1. The van der Waals surface area contributed by atoms with Gasteiger partial charge >= 0.3 is 11.9 Å². The Morgan fingerprint density at radius 1 is 1.04 bits per heavy atom. The second-order valence-electron chi connectivity index (χ2n) is 5.22. The Hall–Kier alpha value is -1.73. The highest BCUT2D eigenvalue weighted by atomic mass is 16.5. The molecule has 0 bridgehead atoms. The molecule has 2 unspecified atom stereocenters. The molecule has 7 heteroatoms. The van der Waals surface area contributed by atoms with E-state index in [4.69, 9.17) is 18.9 Å². The van der Waals surface area contributed by atoms with Crippen molar-refractivity contribution in [2.45, 2.75) is 19.8 Å². The van der Waals surface area contributed by atoms with E-state index in [1.54, 1.807) is 0 Å². The molecule has 0 aromatic carbocycles. The quantitative estimate of drug-likeness (QED) is 0.626. The van der Waals surface area contributed by atoms with Crippen molar-refractivity contribution >= 4 is 17.7 Å². The summed E-state index contributed by atoms with van der Waals surface area (Å²) in [7, 11) is 5.68. The Morgan fingerprint density at radius 2 is 1.70 bits per heavy atom. The predicted molar refractivity (Wildman–Crippen MR) is 84.1 cm³/mol. The first-order valence-electron chi connectivity index (χ1n) is 7.50. The molecule has 0 fully saturated rings. The molecule has 0 saturated heterocycles. The largest absolute Gasteiger partial charge is 0.468 e. The molecule has 0 spiro atoms. The van der Waals surface area contributed by atoms with Crippen LogP contribution in [0.15, 0.2) is 16.3 Å². The third kappa shape index (κ3) is 4.39. The zero-order valence-corrected chi connectivity index (χ0v) is 14.4. The van der Waals surface area contributed by atoms with E-state index in [-0.39, 0.29) is 19.1 Å². The molecule has 130 valence electrons. The summed E-state index contributed by atoms with van der Waals surface area (Å²) in [5.41, 5.74) is 1.40. The highest BCUT2D eigenvalue weighted by Crippen LogP contribution is 2.35. The van der Waals surface area contributed by atoms with Crippen molar-refractivity contribution in [3.05, 3.63) is 11.3 Å². The van der Waals surface area contributed by atoms with Gasteiger partial charge in [0.25, 0.3) is 0 Å². The molecule has 1 rings (SSSR count). The third-order valence-electron chi connectivity index (χ3n) is 3.76. The molecule has 23 heavy (non-hydrogen) atoms. The first kappa shape index (κ1) is 19.3. The van der Waals surface area contributed by atoms with Crippen molar-refractivity contribution in [1.82, 2.24) is 0 Å². The molecule has 7 nitrogen and oxygen atoms in total. The maximum Gasteiger partial charge on any atom is 0.335 e. The summed E-state index contributed by atoms with van der Waals surface area (Å²) in [4.78, 5) is 29.0. The average Bonchev–Trinajstić information content (AvgIpc) is 2.54. The number of hydrogen-bond donors (Lipinski definition) is 0. The molecular formula is C16H25NO6. The van der Waals surface area contributed by atoms with Gasteiger partial charge in [-0.05, 0) is 6.42 Å². The predicted octanol–water partition coefficient (Wildman–Crippen LogP) is 1.37. The van der Waals surface area contributed by atoms with Crippen LogP contribution in [0.5, 0.6) is 0 Å². The van der Waals surface area contributed by atoms with E-state index in [1.807, 2.05) is 6.92 Å². The molecule has 0 saturated carbocycles. The second kappa shape index (κ2) is 9.42. The second-order valence-corrected chi connectivity index (χ2v) is 5.22. The summed E-state index contributed by atoms with van der Waals surface area (Å²) in [6.07, 6.45) is 1.42. The van der Waals surface area contributed by atoms with Gasteiger partial charge in [0.15, 0.2) is 0 Å². The smallest absolute Gasteiger partial charge is 0.335 e. The highest BCUT2D eigenvalue weighted by Gasteiger charge is 2.42. The van der Waals surface area contributed by atoms with Gasteiger partial charge in [0.1, 0.15) is 5.92 Å². The molecule has 0 amide bonds. The molecule has 2 atom stereocenters. The molecule has 0 radical (unpaired) electrons. The summed E-state index contributed by atoms with van der Waals surface area (Å²) in [5.74, 6) is -1.95. The van der Waals surface area contributed by atoms with Crippen molar-refractivity contribution in [3.8, 4) is 0 Å².